The van der Waals surface area contributed by atoms with Crippen molar-refractivity contribution in [2.45, 2.75) is 12.8 Å². The Morgan fingerprint density at radius 1 is 1.04 bits per heavy atom. The van der Waals surface area contributed by atoms with E-state index in [-0.39, 0.29) is 6.79 Å². The van der Waals surface area contributed by atoms with Crippen molar-refractivity contribution < 1.29 is 14.5 Å². The summed E-state index contributed by atoms with van der Waals surface area (Å²) in [5, 5.41) is 9.74. The van der Waals surface area contributed by atoms with E-state index in [0.717, 1.165) is 46.5 Å². The number of benzene rings is 2. The standard InChI is InChI=1S/C21H15N3O2/c22-10-16-19(13-6-8-17-18(9-13)26-11-25-17)15-7-5-12-3-1-2-4-14(12)20(15)24-21(16)23/h1-4,6,8-9H,5,7,11H2,(H2,23,24)/p+1. The molecule has 0 amide bonds. The number of nitrogen functional groups attached to an aromatic ring is 1. The van der Waals surface area contributed by atoms with E-state index in [1.807, 2.05) is 24.3 Å². The molecule has 2 aromatic carbocycles. The van der Waals surface area contributed by atoms with Gasteiger partial charge in [0.15, 0.2) is 11.5 Å². The molecule has 0 radical (unpaired) electrons. The number of fused-ring (bicyclic) bond motifs is 4. The molecule has 1 aliphatic carbocycles. The van der Waals surface area contributed by atoms with Crippen molar-refractivity contribution in [3.8, 4) is 40.0 Å². The molecular weight excluding hydrogens is 326 g/mol. The molecule has 0 saturated heterocycles. The Bertz CT molecular complexity index is 1100. The molecule has 0 spiro atoms. The summed E-state index contributed by atoms with van der Waals surface area (Å²) in [6.07, 6.45) is 1.78. The van der Waals surface area contributed by atoms with Crippen LogP contribution in [0.15, 0.2) is 42.5 Å². The lowest BCUT2D eigenvalue weighted by atomic mass is 9.83. The summed E-state index contributed by atoms with van der Waals surface area (Å²) in [6, 6.07) is 16.4. The van der Waals surface area contributed by atoms with Crippen molar-refractivity contribution >= 4 is 5.82 Å². The van der Waals surface area contributed by atoms with E-state index in [4.69, 9.17) is 15.2 Å². The number of pyridine rings is 1. The van der Waals surface area contributed by atoms with Gasteiger partial charge in [-0.3, -0.25) is 5.73 Å². The van der Waals surface area contributed by atoms with Crippen LogP contribution in [0.3, 0.4) is 0 Å². The van der Waals surface area contributed by atoms with Crippen LogP contribution >= 0.6 is 0 Å². The maximum atomic E-state index is 9.74. The Kier molecular flexibility index (Phi) is 3.13. The summed E-state index contributed by atoms with van der Waals surface area (Å²) < 4.78 is 10.9. The molecule has 2 aliphatic rings. The van der Waals surface area contributed by atoms with Gasteiger partial charge in [-0.1, -0.05) is 30.3 Å². The number of rotatable bonds is 1. The number of ether oxygens (including phenoxy) is 2. The number of hydrogen-bond donors (Lipinski definition) is 1. The largest absolute Gasteiger partial charge is 0.454 e. The van der Waals surface area contributed by atoms with Gasteiger partial charge < -0.3 is 9.47 Å². The summed E-state index contributed by atoms with van der Waals surface area (Å²) in [5.41, 5.74) is 13.1. The number of aryl methyl sites for hydroxylation is 1. The molecule has 5 nitrogen and oxygen atoms in total. The van der Waals surface area contributed by atoms with E-state index < -0.39 is 0 Å². The second-order valence-electron chi connectivity index (χ2n) is 6.48. The van der Waals surface area contributed by atoms with Crippen LogP contribution in [0.25, 0.3) is 22.4 Å². The fourth-order valence-electron chi connectivity index (χ4n) is 3.89. The minimum absolute atomic E-state index is 0.222. The number of anilines is 1. The second-order valence-corrected chi connectivity index (χ2v) is 6.48. The fraction of sp³-hybridized carbons (Fsp3) is 0.143. The third-order valence-electron chi connectivity index (χ3n) is 5.09. The van der Waals surface area contributed by atoms with Gasteiger partial charge in [0.1, 0.15) is 17.3 Å². The maximum absolute atomic E-state index is 9.74. The smallest absolute Gasteiger partial charge is 0.289 e. The van der Waals surface area contributed by atoms with Crippen LogP contribution in [0.5, 0.6) is 11.5 Å². The van der Waals surface area contributed by atoms with Crippen molar-refractivity contribution in [3.05, 3.63) is 59.2 Å². The van der Waals surface area contributed by atoms with E-state index in [1.165, 1.54) is 5.56 Å². The third-order valence-corrected chi connectivity index (χ3v) is 5.09. The molecule has 0 bridgehead atoms. The molecule has 0 atom stereocenters. The predicted octanol–water partition coefficient (Wildman–Crippen LogP) is 3.12. The SMILES string of the molecule is N#Cc1c(N)[nH+]c2c(c1-c1ccc3c(c1)OCO3)CCc1ccccc1-2. The van der Waals surface area contributed by atoms with Crippen molar-refractivity contribution in [1.82, 2.24) is 0 Å². The van der Waals surface area contributed by atoms with Crippen molar-refractivity contribution in [2.75, 3.05) is 12.5 Å². The Morgan fingerprint density at radius 3 is 2.77 bits per heavy atom. The van der Waals surface area contributed by atoms with Gasteiger partial charge in [0.2, 0.25) is 6.79 Å². The highest BCUT2D eigenvalue weighted by molar-refractivity contribution is 5.84. The molecule has 2 heterocycles. The summed E-state index contributed by atoms with van der Waals surface area (Å²) in [5.74, 6) is 1.81. The van der Waals surface area contributed by atoms with Crippen molar-refractivity contribution in [2.24, 2.45) is 0 Å². The monoisotopic (exact) mass is 342 g/mol. The van der Waals surface area contributed by atoms with E-state index in [9.17, 15) is 5.26 Å². The molecule has 126 valence electrons. The minimum atomic E-state index is 0.222. The number of nitrogens with zero attached hydrogens (tertiary/aromatic N) is 1. The van der Waals surface area contributed by atoms with E-state index in [1.54, 1.807) is 0 Å². The highest BCUT2D eigenvalue weighted by atomic mass is 16.7. The molecule has 5 heteroatoms. The lowest BCUT2D eigenvalue weighted by molar-refractivity contribution is -0.347. The van der Waals surface area contributed by atoms with Gasteiger partial charge in [0.25, 0.3) is 5.82 Å². The number of hydrogen-bond acceptors (Lipinski definition) is 4. The van der Waals surface area contributed by atoms with Gasteiger partial charge in [-0.15, -0.1) is 0 Å². The van der Waals surface area contributed by atoms with Crippen LogP contribution in [0, 0.1) is 11.3 Å². The number of nitrogens with two attached hydrogens (primary N) is 1. The van der Waals surface area contributed by atoms with E-state index >= 15 is 0 Å². The number of nitrogens with one attached hydrogen (secondary N) is 1. The number of aromatic nitrogens is 1. The second kappa shape index (κ2) is 5.50. The molecule has 0 fully saturated rings. The first-order chi connectivity index (χ1) is 12.8. The Morgan fingerprint density at radius 2 is 1.88 bits per heavy atom. The lowest BCUT2D eigenvalue weighted by Crippen LogP contribution is -2.22. The number of aromatic amines is 1. The highest BCUT2D eigenvalue weighted by Crippen LogP contribution is 2.42. The van der Waals surface area contributed by atoms with Gasteiger partial charge in [-0.2, -0.15) is 5.26 Å². The summed E-state index contributed by atoms with van der Waals surface area (Å²) in [7, 11) is 0. The van der Waals surface area contributed by atoms with Gasteiger partial charge in [-0.25, -0.2) is 4.98 Å². The Balaban J connectivity index is 1.81. The van der Waals surface area contributed by atoms with Crippen LogP contribution in [0.4, 0.5) is 5.82 Å². The van der Waals surface area contributed by atoms with Gasteiger partial charge in [0, 0.05) is 16.7 Å². The van der Waals surface area contributed by atoms with Crippen LogP contribution in [0.2, 0.25) is 0 Å². The molecule has 3 N–H and O–H groups in total. The zero-order valence-corrected chi connectivity index (χ0v) is 14.0. The van der Waals surface area contributed by atoms with E-state index in [2.05, 4.69) is 29.3 Å². The molecule has 0 unspecified atom stereocenters. The van der Waals surface area contributed by atoms with Crippen LogP contribution in [0.1, 0.15) is 16.7 Å². The average molecular weight is 342 g/mol. The molecule has 26 heavy (non-hydrogen) atoms. The molecule has 5 rings (SSSR count). The first-order valence-corrected chi connectivity index (χ1v) is 8.52. The lowest BCUT2D eigenvalue weighted by Gasteiger charge is -2.21. The predicted molar refractivity (Wildman–Crippen MR) is 96.5 cm³/mol. The first kappa shape index (κ1) is 14.8. The molecule has 1 aromatic heterocycles. The highest BCUT2D eigenvalue weighted by Gasteiger charge is 2.28. The number of H-pyrrole nitrogens is 1. The van der Waals surface area contributed by atoms with Crippen LogP contribution in [-0.2, 0) is 12.8 Å². The third kappa shape index (κ3) is 2.06. The topological polar surface area (TPSA) is 82.4 Å². The zero-order chi connectivity index (χ0) is 17.7. The van der Waals surface area contributed by atoms with Gasteiger partial charge in [-0.05, 0) is 36.1 Å². The summed E-state index contributed by atoms with van der Waals surface area (Å²) >= 11 is 0. The Hall–Kier alpha value is -3.52. The minimum Gasteiger partial charge on any atom is -0.454 e. The van der Waals surface area contributed by atoms with Gasteiger partial charge in [0.05, 0.1) is 0 Å². The number of nitriles is 1. The normalized spacial score (nSPS) is 13.7. The zero-order valence-electron chi connectivity index (χ0n) is 14.0. The average Bonchev–Trinajstić information content (AvgIpc) is 3.14. The Labute approximate surface area is 150 Å². The van der Waals surface area contributed by atoms with E-state index in [0.29, 0.717) is 17.1 Å². The van der Waals surface area contributed by atoms with Gasteiger partial charge >= 0.3 is 0 Å². The van der Waals surface area contributed by atoms with Crippen molar-refractivity contribution in [3.63, 3.8) is 0 Å². The quantitative estimate of drug-likeness (QED) is 0.736. The fourth-order valence-corrected chi connectivity index (χ4v) is 3.89. The van der Waals surface area contributed by atoms with Crippen LogP contribution in [-0.4, -0.2) is 6.79 Å². The molecule has 0 saturated carbocycles. The first-order valence-electron chi connectivity index (χ1n) is 8.52. The molecule has 1 aliphatic heterocycles. The summed E-state index contributed by atoms with van der Waals surface area (Å²) in [4.78, 5) is 3.27. The maximum Gasteiger partial charge on any atom is 0.289 e. The van der Waals surface area contributed by atoms with Crippen LogP contribution < -0.4 is 20.2 Å². The van der Waals surface area contributed by atoms with Crippen molar-refractivity contribution in [1.29, 1.82) is 5.26 Å². The molecule has 3 aromatic rings. The summed E-state index contributed by atoms with van der Waals surface area (Å²) in [6.45, 7) is 0.222. The molecular formula is C21H16N3O2+.